The maximum atomic E-state index is 11.1. The number of Topliss-reactive ketones (excluding diaryl/α,β-unsaturated/α-hetero) is 1. The number of ketones is 1. The highest BCUT2D eigenvalue weighted by Crippen LogP contribution is 1.99. The minimum atomic E-state index is 0.0700. The van der Waals surface area contributed by atoms with Crippen LogP contribution in [0.2, 0.25) is 0 Å². The van der Waals surface area contributed by atoms with Gasteiger partial charge in [-0.25, -0.2) is 0 Å². The fraction of sp³-hybridized carbons (Fsp3) is 0.571. The molecule has 0 saturated carbocycles. The predicted octanol–water partition coefficient (Wildman–Crippen LogP) is 0.798. The number of aryl methyl sites for hydroxylation is 1. The number of hydrogen-bond acceptors (Lipinski definition) is 3. The minimum absolute atomic E-state index is 0.0700. The molecule has 0 aliphatic carbocycles. The Kier molecular flexibility index (Phi) is 2.36. The molecule has 0 N–H and O–H groups in total. The molecule has 1 rings (SSSR count). The normalized spacial score (nSPS) is 10.0. The Morgan fingerprint density at radius 3 is 2.91 bits per heavy atom. The van der Waals surface area contributed by atoms with Crippen LogP contribution in [0.25, 0.3) is 0 Å². The lowest BCUT2D eigenvalue weighted by molar-refractivity contribution is 0.0977. The van der Waals surface area contributed by atoms with E-state index in [9.17, 15) is 4.79 Å². The molecule has 0 bridgehead atoms. The zero-order valence-corrected chi connectivity index (χ0v) is 6.74. The van der Waals surface area contributed by atoms with Crippen LogP contribution in [0.15, 0.2) is 6.20 Å². The summed E-state index contributed by atoms with van der Waals surface area (Å²) in [6, 6.07) is 0. The summed E-state index contributed by atoms with van der Waals surface area (Å²) in [5, 5.41) is 7.36. The Morgan fingerprint density at radius 1 is 1.73 bits per heavy atom. The molecule has 4 nitrogen and oxygen atoms in total. The van der Waals surface area contributed by atoms with Gasteiger partial charge in [-0.2, -0.15) is 0 Å². The molecule has 1 aromatic heterocycles. The maximum absolute atomic E-state index is 11.1. The number of rotatable bonds is 3. The van der Waals surface area contributed by atoms with E-state index in [4.69, 9.17) is 0 Å². The van der Waals surface area contributed by atoms with Gasteiger partial charge in [0.05, 0.1) is 6.20 Å². The second-order valence-corrected chi connectivity index (χ2v) is 2.45. The van der Waals surface area contributed by atoms with Crippen LogP contribution in [0.5, 0.6) is 0 Å². The Labute approximate surface area is 65.2 Å². The molecule has 0 unspecified atom stereocenters. The van der Waals surface area contributed by atoms with Crippen molar-refractivity contribution in [3.05, 3.63) is 11.9 Å². The molecule has 11 heavy (non-hydrogen) atoms. The molecule has 1 heterocycles. The summed E-state index contributed by atoms with van der Waals surface area (Å²) in [6.07, 6.45) is 3.05. The average molecular weight is 153 g/mol. The summed E-state index contributed by atoms with van der Waals surface area (Å²) in [5.74, 6) is 0.0700. The summed E-state index contributed by atoms with van der Waals surface area (Å²) in [4.78, 5) is 11.1. The van der Waals surface area contributed by atoms with Crippen molar-refractivity contribution in [3.8, 4) is 0 Å². The first-order chi connectivity index (χ1) is 5.24. The van der Waals surface area contributed by atoms with E-state index in [1.54, 1.807) is 13.2 Å². The summed E-state index contributed by atoms with van der Waals surface area (Å²) >= 11 is 0. The predicted molar refractivity (Wildman–Crippen MR) is 40.2 cm³/mol. The molecule has 0 radical (unpaired) electrons. The third kappa shape index (κ3) is 1.86. The lowest BCUT2D eigenvalue weighted by Crippen LogP contribution is -1.97. The zero-order chi connectivity index (χ0) is 8.27. The summed E-state index contributed by atoms with van der Waals surface area (Å²) in [6.45, 7) is 1.97. The molecule has 0 spiro atoms. The second-order valence-electron chi connectivity index (χ2n) is 2.45. The first-order valence-electron chi connectivity index (χ1n) is 3.63. The van der Waals surface area contributed by atoms with Gasteiger partial charge in [-0.15, -0.1) is 5.10 Å². The highest BCUT2D eigenvalue weighted by Gasteiger charge is 2.07. The molecular weight excluding hydrogens is 142 g/mol. The van der Waals surface area contributed by atoms with Gasteiger partial charge < -0.3 is 0 Å². The molecule has 0 fully saturated rings. The van der Waals surface area contributed by atoms with Crippen molar-refractivity contribution in [1.29, 1.82) is 0 Å². The zero-order valence-electron chi connectivity index (χ0n) is 6.74. The van der Waals surface area contributed by atoms with Crippen LogP contribution in [0.4, 0.5) is 0 Å². The van der Waals surface area contributed by atoms with Gasteiger partial charge in [-0.3, -0.25) is 9.48 Å². The maximum Gasteiger partial charge on any atom is 0.184 e. The van der Waals surface area contributed by atoms with Crippen molar-refractivity contribution in [1.82, 2.24) is 15.0 Å². The second kappa shape index (κ2) is 3.27. The van der Waals surface area contributed by atoms with E-state index in [0.717, 1.165) is 6.42 Å². The number of hydrogen-bond donors (Lipinski definition) is 0. The largest absolute Gasteiger partial charge is 0.292 e. The standard InChI is InChI=1S/C7H11N3O/c1-3-4-7(11)6-5-10(2)9-8-6/h5H,3-4H2,1-2H3. The van der Waals surface area contributed by atoms with Crippen LogP contribution < -0.4 is 0 Å². The highest BCUT2D eigenvalue weighted by atomic mass is 16.1. The third-order valence-electron chi connectivity index (χ3n) is 1.37. The Hall–Kier alpha value is -1.19. The van der Waals surface area contributed by atoms with Gasteiger partial charge >= 0.3 is 0 Å². The Balaban J connectivity index is 2.69. The van der Waals surface area contributed by atoms with E-state index < -0.39 is 0 Å². The van der Waals surface area contributed by atoms with Crippen LogP contribution in [-0.2, 0) is 7.05 Å². The lowest BCUT2D eigenvalue weighted by atomic mass is 10.2. The van der Waals surface area contributed by atoms with E-state index in [0.29, 0.717) is 12.1 Å². The van der Waals surface area contributed by atoms with Crippen molar-refractivity contribution in [2.45, 2.75) is 19.8 Å². The van der Waals surface area contributed by atoms with E-state index in [-0.39, 0.29) is 5.78 Å². The van der Waals surface area contributed by atoms with Crippen molar-refractivity contribution in [2.75, 3.05) is 0 Å². The Bertz CT molecular complexity index is 254. The van der Waals surface area contributed by atoms with E-state index >= 15 is 0 Å². The van der Waals surface area contributed by atoms with Gasteiger partial charge in [0.25, 0.3) is 0 Å². The number of carbonyl (C=O) groups is 1. The van der Waals surface area contributed by atoms with Gasteiger partial charge in [-0.1, -0.05) is 12.1 Å². The smallest absolute Gasteiger partial charge is 0.184 e. The molecule has 0 amide bonds. The fourth-order valence-electron chi connectivity index (χ4n) is 0.830. The molecule has 0 aliphatic heterocycles. The molecule has 0 aliphatic rings. The molecular formula is C7H11N3O. The van der Waals surface area contributed by atoms with E-state index in [1.165, 1.54) is 4.68 Å². The van der Waals surface area contributed by atoms with Crippen LogP contribution in [0.3, 0.4) is 0 Å². The lowest BCUT2D eigenvalue weighted by Gasteiger charge is -1.88. The van der Waals surface area contributed by atoms with Crippen LogP contribution in [-0.4, -0.2) is 20.8 Å². The molecule has 0 aromatic carbocycles. The van der Waals surface area contributed by atoms with Crippen LogP contribution >= 0.6 is 0 Å². The van der Waals surface area contributed by atoms with Crippen LogP contribution in [0.1, 0.15) is 30.3 Å². The topological polar surface area (TPSA) is 47.8 Å². The van der Waals surface area contributed by atoms with E-state index in [1.807, 2.05) is 6.92 Å². The van der Waals surface area contributed by atoms with Crippen molar-refractivity contribution in [2.24, 2.45) is 7.05 Å². The fourth-order valence-corrected chi connectivity index (χ4v) is 0.830. The van der Waals surface area contributed by atoms with Gasteiger partial charge in [-0.05, 0) is 6.42 Å². The SMILES string of the molecule is CCCC(=O)c1cn(C)nn1. The van der Waals surface area contributed by atoms with Crippen molar-refractivity contribution in [3.63, 3.8) is 0 Å². The minimum Gasteiger partial charge on any atom is -0.292 e. The van der Waals surface area contributed by atoms with Gasteiger partial charge in [0.1, 0.15) is 5.69 Å². The first-order valence-corrected chi connectivity index (χ1v) is 3.63. The number of nitrogens with zero attached hydrogens (tertiary/aromatic N) is 3. The number of aromatic nitrogens is 3. The van der Waals surface area contributed by atoms with Crippen molar-refractivity contribution >= 4 is 5.78 Å². The average Bonchev–Trinajstić information content (AvgIpc) is 2.36. The van der Waals surface area contributed by atoms with Crippen LogP contribution in [0, 0.1) is 0 Å². The summed E-state index contributed by atoms with van der Waals surface area (Å²) < 4.78 is 1.53. The van der Waals surface area contributed by atoms with Gasteiger partial charge in [0.15, 0.2) is 5.78 Å². The molecule has 0 atom stereocenters. The van der Waals surface area contributed by atoms with Gasteiger partial charge in [0.2, 0.25) is 0 Å². The molecule has 60 valence electrons. The summed E-state index contributed by atoms with van der Waals surface area (Å²) in [7, 11) is 1.75. The third-order valence-corrected chi connectivity index (χ3v) is 1.37. The van der Waals surface area contributed by atoms with E-state index in [2.05, 4.69) is 10.3 Å². The monoisotopic (exact) mass is 153 g/mol. The van der Waals surface area contributed by atoms with Crippen molar-refractivity contribution < 1.29 is 4.79 Å². The molecule has 1 aromatic rings. The number of carbonyl (C=O) groups excluding carboxylic acids is 1. The molecule has 4 heteroatoms. The molecule has 0 saturated heterocycles. The Morgan fingerprint density at radius 2 is 2.45 bits per heavy atom. The first kappa shape index (κ1) is 7.91. The quantitative estimate of drug-likeness (QED) is 0.603. The highest BCUT2D eigenvalue weighted by molar-refractivity contribution is 5.93. The summed E-state index contributed by atoms with van der Waals surface area (Å²) in [5.41, 5.74) is 0.467. The van der Waals surface area contributed by atoms with Gasteiger partial charge in [0, 0.05) is 13.5 Å².